The fraction of sp³-hybridized carbons (Fsp3) is 0.364. The van der Waals surface area contributed by atoms with E-state index in [0.29, 0.717) is 46.9 Å². The lowest BCUT2D eigenvalue weighted by Crippen LogP contribution is -2.36. The van der Waals surface area contributed by atoms with Gasteiger partial charge >= 0.3 is 0 Å². The quantitative estimate of drug-likeness (QED) is 0.544. The zero-order valence-electron chi connectivity index (χ0n) is 18.2. The van der Waals surface area contributed by atoms with E-state index >= 15 is 0 Å². The number of benzene rings is 2. The molecule has 0 aromatic heterocycles. The number of hydrogen-bond acceptors (Lipinski definition) is 6. The number of carbonyl (C=O) groups is 2. The molecular weight excluding hydrogens is 422 g/mol. The summed E-state index contributed by atoms with van der Waals surface area (Å²) >= 11 is 6.07. The van der Waals surface area contributed by atoms with Crippen LogP contribution in [0.25, 0.3) is 0 Å². The summed E-state index contributed by atoms with van der Waals surface area (Å²) < 4.78 is 16.2. The molecule has 0 unspecified atom stereocenters. The first-order valence-electron chi connectivity index (χ1n) is 9.87. The van der Waals surface area contributed by atoms with Crippen LogP contribution in [0.5, 0.6) is 17.2 Å². The minimum atomic E-state index is -0.267. The average molecular weight is 450 g/mol. The Kier molecular flexibility index (Phi) is 9.42. The number of likely N-dealkylation sites (N-methyl/N-ethyl adjacent to an activating group) is 1. The third-order valence-corrected chi connectivity index (χ3v) is 4.39. The topological polar surface area (TPSA) is 89.1 Å². The van der Waals surface area contributed by atoms with Gasteiger partial charge in [0.25, 0.3) is 0 Å². The van der Waals surface area contributed by atoms with Crippen molar-refractivity contribution in [1.82, 2.24) is 4.90 Å². The van der Waals surface area contributed by atoms with E-state index in [-0.39, 0.29) is 24.9 Å². The van der Waals surface area contributed by atoms with Crippen molar-refractivity contribution in [3.8, 4) is 17.2 Å². The molecule has 2 aromatic rings. The minimum absolute atomic E-state index is 0.0323. The van der Waals surface area contributed by atoms with E-state index in [2.05, 4.69) is 10.6 Å². The largest absolute Gasteiger partial charge is 0.495 e. The number of carbonyl (C=O) groups excluding carboxylic acids is 2. The van der Waals surface area contributed by atoms with Crippen LogP contribution in [0, 0.1) is 0 Å². The third-order valence-electron chi connectivity index (χ3n) is 4.09. The second kappa shape index (κ2) is 12.0. The molecule has 0 fully saturated rings. The van der Waals surface area contributed by atoms with Gasteiger partial charge in [-0.25, -0.2) is 0 Å². The van der Waals surface area contributed by atoms with Crippen LogP contribution in [0.2, 0.25) is 5.02 Å². The van der Waals surface area contributed by atoms with E-state index < -0.39 is 0 Å². The van der Waals surface area contributed by atoms with Gasteiger partial charge < -0.3 is 24.8 Å². The molecule has 0 saturated carbocycles. The smallest absolute Gasteiger partial charge is 0.238 e. The number of nitrogens with one attached hydrogen (secondary N) is 2. The Morgan fingerprint density at radius 1 is 0.871 bits per heavy atom. The van der Waals surface area contributed by atoms with Crippen LogP contribution in [-0.4, -0.2) is 57.2 Å². The van der Waals surface area contributed by atoms with E-state index in [1.165, 1.54) is 7.11 Å². The van der Waals surface area contributed by atoms with Crippen LogP contribution in [0.15, 0.2) is 36.4 Å². The normalized spacial score (nSPS) is 10.5. The van der Waals surface area contributed by atoms with Crippen LogP contribution in [-0.2, 0) is 9.59 Å². The molecule has 31 heavy (non-hydrogen) atoms. The molecule has 2 amide bonds. The van der Waals surface area contributed by atoms with Gasteiger partial charge in [-0.15, -0.1) is 0 Å². The predicted molar refractivity (Wildman–Crippen MR) is 122 cm³/mol. The zero-order chi connectivity index (χ0) is 22.8. The summed E-state index contributed by atoms with van der Waals surface area (Å²) in [6.07, 6.45) is 0. The molecule has 0 heterocycles. The van der Waals surface area contributed by atoms with Gasteiger partial charge in [0.05, 0.1) is 38.4 Å². The second-order valence-electron chi connectivity index (χ2n) is 6.65. The minimum Gasteiger partial charge on any atom is -0.495 e. The molecular formula is C22H28ClN3O5. The Bertz CT molecular complexity index is 907. The Hall–Kier alpha value is -2.97. The summed E-state index contributed by atoms with van der Waals surface area (Å²) in [6.45, 7) is 4.83. The first-order valence-corrected chi connectivity index (χ1v) is 10.3. The van der Waals surface area contributed by atoms with Crippen LogP contribution in [0.1, 0.15) is 13.8 Å². The summed E-state index contributed by atoms with van der Waals surface area (Å²) in [5, 5.41) is 5.95. The number of rotatable bonds is 11. The van der Waals surface area contributed by atoms with Crippen LogP contribution >= 0.6 is 11.6 Å². The highest BCUT2D eigenvalue weighted by Gasteiger charge is 2.13. The van der Waals surface area contributed by atoms with Crippen molar-refractivity contribution in [2.24, 2.45) is 0 Å². The van der Waals surface area contributed by atoms with Crippen LogP contribution < -0.4 is 24.8 Å². The Balaban J connectivity index is 1.88. The molecule has 0 aliphatic rings. The molecule has 2 N–H and O–H groups in total. The highest BCUT2D eigenvalue weighted by Crippen LogP contribution is 2.30. The Morgan fingerprint density at radius 2 is 1.39 bits per heavy atom. The molecule has 0 spiro atoms. The second-order valence-corrected chi connectivity index (χ2v) is 7.05. The van der Waals surface area contributed by atoms with Gasteiger partial charge in [0, 0.05) is 17.4 Å². The van der Waals surface area contributed by atoms with E-state index in [4.69, 9.17) is 25.8 Å². The van der Waals surface area contributed by atoms with Gasteiger partial charge in [0.2, 0.25) is 11.8 Å². The van der Waals surface area contributed by atoms with E-state index in [1.54, 1.807) is 48.3 Å². The maximum Gasteiger partial charge on any atom is 0.238 e. The number of anilines is 2. The number of nitrogens with zero attached hydrogens (tertiary/aromatic N) is 1. The zero-order valence-corrected chi connectivity index (χ0v) is 18.9. The molecule has 0 bridgehead atoms. The highest BCUT2D eigenvalue weighted by molar-refractivity contribution is 6.32. The van der Waals surface area contributed by atoms with Gasteiger partial charge in [-0.3, -0.25) is 14.5 Å². The summed E-state index contributed by atoms with van der Waals surface area (Å²) in [5.74, 6) is 1.18. The molecule has 0 radical (unpaired) electrons. The molecule has 9 heteroatoms. The predicted octanol–water partition coefficient (Wildman–Crippen LogP) is 3.66. The van der Waals surface area contributed by atoms with Crippen molar-refractivity contribution in [1.29, 1.82) is 0 Å². The number of methoxy groups -OCH3 is 1. The fourth-order valence-electron chi connectivity index (χ4n) is 2.82. The maximum absolute atomic E-state index is 12.4. The molecule has 8 nitrogen and oxygen atoms in total. The van der Waals surface area contributed by atoms with Gasteiger partial charge in [0.1, 0.15) is 5.75 Å². The summed E-state index contributed by atoms with van der Waals surface area (Å²) in [5.41, 5.74) is 1.13. The standard InChI is InChI=1S/C22H28ClN3O5/c1-5-30-19-10-8-16(12-20(19)31-6-2)25-22(28)14-26(3)13-21(27)24-15-7-9-18(29-4)17(23)11-15/h7-12H,5-6,13-14H2,1-4H3,(H,24,27)(H,25,28). The SMILES string of the molecule is CCOc1ccc(NC(=O)CN(C)CC(=O)Nc2ccc(OC)c(Cl)c2)cc1OCC. The van der Waals surface area contributed by atoms with Gasteiger partial charge in [0.15, 0.2) is 11.5 Å². The van der Waals surface area contributed by atoms with Gasteiger partial charge in [-0.05, 0) is 51.2 Å². The van der Waals surface area contributed by atoms with E-state index in [1.807, 2.05) is 13.8 Å². The maximum atomic E-state index is 12.4. The molecule has 2 aromatic carbocycles. The monoisotopic (exact) mass is 449 g/mol. The number of halogens is 1. The highest BCUT2D eigenvalue weighted by atomic mass is 35.5. The van der Waals surface area contributed by atoms with Crippen molar-refractivity contribution >= 4 is 34.8 Å². The van der Waals surface area contributed by atoms with E-state index in [0.717, 1.165) is 0 Å². The first kappa shape index (κ1) is 24.3. The summed E-state index contributed by atoms with van der Waals surface area (Å²) in [7, 11) is 3.20. The van der Waals surface area contributed by atoms with Crippen molar-refractivity contribution in [3.05, 3.63) is 41.4 Å². The molecule has 0 saturated heterocycles. The number of amides is 2. The van der Waals surface area contributed by atoms with Gasteiger partial charge in [-0.2, -0.15) is 0 Å². The third kappa shape index (κ3) is 7.66. The first-order chi connectivity index (χ1) is 14.9. The van der Waals surface area contributed by atoms with Crippen LogP contribution in [0.4, 0.5) is 11.4 Å². The van der Waals surface area contributed by atoms with Crippen molar-refractivity contribution in [3.63, 3.8) is 0 Å². The lowest BCUT2D eigenvalue weighted by Gasteiger charge is -2.17. The molecule has 0 aliphatic carbocycles. The average Bonchev–Trinajstić information content (AvgIpc) is 2.70. The Morgan fingerprint density at radius 3 is 1.90 bits per heavy atom. The lowest BCUT2D eigenvalue weighted by atomic mass is 10.2. The van der Waals surface area contributed by atoms with Gasteiger partial charge in [-0.1, -0.05) is 11.6 Å². The molecule has 0 aliphatic heterocycles. The molecule has 2 rings (SSSR count). The molecule has 168 valence electrons. The lowest BCUT2D eigenvalue weighted by molar-refractivity contribution is -0.119. The van der Waals surface area contributed by atoms with Crippen molar-refractivity contribution < 1.29 is 23.8 Å². The number of ether oxygens (including phenoxy) is 3. The van der Waals surface area contributed by atoms with Crippen molar-refractivity contribution in [2.75, 3.05) is 51.1 Å². The van der Waals surface area contributed by atoms with Crippen molar-refractivity contribution in [2.45, 2.75) is 13.8 Å². The Labute approximate surface area is 187 Å². The molecule has 0 atom stereocenters. The van der Waals surface area contributed by atoms with Crippen LogP contribution in [0.3, 0.4) is 0 Å². The summed E-state index contributed by atoms with van der Waals surface area (Å²) in [6, 6.07) is 10.2. The number of hydrogen-bond donors (Lipinski definition) is 2. The fourth-order valence-corrected chi connectivity index (χ4v) is 3.08. The van der Waals surface area contributed by atoms with E-state index in [9.17, 15) is 9.59 Å². The summed E-state index contributed by atoms with van der Waals surface area (Å²) in [4.78, 5) is 26.2.